The lowest BCUT2D eigenvalue weighted by molar-refractivity contribution is -0.383. The molecule has 2 heterocycles. The van der Waals surface area contributed by atoms with Gasteiger partial charge in [-0.1, -0.05) is 11.6 Å². The van der Waals surface area contributed by atoms with Crippen molar-refractivity contribution in [2.24, 2.45) is 0 Å². The van der Waals surface area contributed by atoms with E-state index < -0.39 is 4.92 Å². The lowest BCUT2D eigenvalue weighted by atomic mass is 10.2. The molecular weight excluding hydrogens is 360 g/mol. The van der Waals surface area contributed by atoms with E-state index in [2.05, 4.69) is 15.3 Å². The Bertz CT molecular complexity index is 806. The van der Waals surface area contributed by atoms with Gasteiger partial charge in [0.25, 0.3) is 0 Å². The van der Waals surface area contributed by atoms with Gasteiger partial charge in [0.15, 0.2) is 0 Å². The number of hydrogen-bond acceptors (Lipinski definition) is 8. The summed E-state index contributed by atoms with van der Waals surface area (Å²) >= 11 is 5.88. The van der Waals surface area contributed by atoms with E-state index in [0.29, 0.717) is 29.7 Å². The smallest absolute Gasteiger partial charge is 0.353 e. The summed E-state index contributed by atoms with van der Waals surface area (Å²) in [6.45, 7) is 5.04. The molecule has 1 aliphatic rings. The van der Waals surface area contributed by atoms with E-state index in [1.807, 2.05) is 18.7 Å². The van der Waals surface area contributed by atoms with Crippen molar-refractivity contribution in [2.45, 2.75) is 26.1 Å². The summed E-state index contributed by atoms with van der Waals surface area (Å²) in [4.78, 5) is 21.2. The Kier molecular flexibility index (Phi) is 5.10. The summed E-state index contributed by atoms with van der Waals surface area (Å²) in [5, 5.41) is 14.9. The minimum absolute atomic E-state index is 0.00793. The molecule has 0 aliphatic carbocycles. The largest absolute Gasteiger partial charge is 0.378 e. The fourth-order valence-electron chi connectivity index (χ4n) is 2.88. The average molecular weight is 379 g/mol. The van der Waals surface area contributed by atoms with Crippen LogP contribution in [0.15, 0.2) is 24.3 Å². The van der Waals surface area contributed by atoms with Gasteiger partial charge in [0.1, 0.15) is 0 Å². The van der Waals surface area contributed by atoms with Gasteiger partial charge in [0.05, 0.1) is 17.1 Å². The van der Waals surface area contributed by atoms with Crippen LogP contribution in [0, 0.1) is 10.1 Å². The van der Waals surface area contributed by atoms with E-state index in [1.54, 1.807) is 24.3 Å². The second-order valence-corrected chi connectivity index (χ2v) is 6.59. The third-order valence-corrected chi connectivity index (χ3v) is 4.14. The van der Waals surface area contributed by atoms with Crippen LogP contribution in [0.2, 0.25) is 5.02 Å². The highest BCUT2D eigenvalue weighted by Gasteiger charge is 2.29. The molecule has 9 nitrogen and oxygen atoms in total. The predicted octanol–water partition coefficient (Wildman–Crippen LogP) is 2.98. The molecule has 0 radical (unpaired) electrons. The molecule has 0 bridgehead atoms. The minimum atomic E-state index is -0.595. The Morgan fingerprint density at radius 3 is 2.46 bits per heavy atom. The Morgan fingerprint density at radius 1 is 1.27 bits per heavy atom. The number of nitrogens with zero attached hydrogens (tertiary/aromatic N) is 4. The van der Waals surface area contributed by atoms with Gasteiger partial charge in [-0.15, -0.1) is 0 Å². The van der Waals surface area contributed by atoms with E-state index in [4.69, 9.17) is 22.1 Å². The lowest BCUT2D eigenvalue weighted by Gasteiger charge is -2.35. The highest BCUT2D eigenvalue weighted by Crippen LogP contribution is 2.33. The zero-order valence-electron chi connectivity index (χ0n) is 14.3. The van der Waals surface area contributed by atoms with Crippen molar-refractivity contribution in [1.82, 2.24) is 9.97 Å². The third-order valence-electron chi connectivity index (χ3n) is 3.89. The molecule has 1 aromatic carbocycles. The molecule has 1 aliphatic heterocycles. The van der Waals surface area contributed by atoms with Crippen molar-refractivity contribution in [3.63, 3.8) is 0 Å². The van der Waals surface area contributed by atoms with Crippen molar-refractivity contribution >= 4 is 40.6 Å². The number of aromatic nitrogens is 2. The van der Waals surface area contributed by atoms with Crippen LogP contribution in [0.1, 0.15) is 13.8 Å². The van der Waals surface area contributed by atoms with Gasteiger partial charge in [0, 0.05) is 23.8 Å². The molecule has 10 heteroatoms. The summed E-state index contributed by atoms with van der Waals surface area (Å²) in [6, 6.07) is 6.74. The van der Waals surface area contributed by atoms with Gasteiger partial charge in [-0.3, -0.25) is 10.1 Å². The van der Waals surface area contributed by atoms with Crippen LogP contribution in [0.25, 0.3) is 0 Å². The number of benzene rings is 1. The van der Waals surface area contributed by atoms with E-state index in [0.717, 1.165) is 0 Å². The number of morpholine rings is 1. The van der Waals surface area contributed by atoms with E-state index in [1.165, 1.54) is 0 Å². The molecule has 1 fully saturated rings. The zero-order valence-corrected chi connectivity index (χ0v) is 15.1. The molecule has 3 N–H and O–H groups in total. The number of hydrogen-bond donors (Lipinski definition) is 2. The molecule has 138 valence electrons. The number of nitrogen functional groups attached to an aromatic ring is 1. The van der Waals surface area contributed by atoms with Crippen LogP contribution in [0.5, 0.6) is 0 Å². The lowest BCUT2D eigenvalue weighted by Crippen LogP contribution is -2.46. The molecule has 2 aromatic rings. The molecule has 0 spiro atoms. The van der Waals surface area contributed by atoms with E-state index in [-0.39, 0.29) is 29.5 Å². The molecule has 0 unspecified atom stereocenters. The quantitative estimate of drug-likeness (QED) is 0.615. The molecular formula is C16H19ClN6O3. The summed E-state index contributed by atoms with van der Waals surface area (Å²) < 4.78 is 5.70. The maximum atomic E-state index is 11.4. The van der Waals surface area contributed by atoms with Gasteiger partial charge in [-0.05, 0) is 38.1 Å². The monoisotopic (exact) mass is 378 g/mol. The molecule has 0 saturated carbocycles. The van der Waals surface area contributed by atoms with Crippen LogP contribution in [-0.2, 0) is 4.74 Å². The summed E-state index contributed by atoms with van der Waals surface area (Å²) in [7, 11) is 0. The van der Waals surface area contributed by atoms with Crippen LogP contribution in [-0.4, -0.2) is 40.2 Å². The number of halogens is 1. The second kappa shape index (κ2) is 7.30. The molecule has 3 rings (SSSR count). The fraction of sp³-hybridized carbons (Fsp3) is 0.375. The number of ether oxygens (including phenoxy) is 1. The Morgan fingerprint density at radius 2 is 1.88 bits per heavy atom. The van der Waals surface area contributed by atoms with E-state index in [9.17, 15) is 10.1 Å². The van der Waals surface area contributed by atoms with E-state index >= 15 is 0 Å². The molecule has 2 atom stereocenters. The van der Waals surface area contributed by atoms with Crippen molar-refractivity contribution in [3.8, 4) is 0 Å². The Hall–Kier alpha value is -2.65. The summed E-state index contributed by atoms with van der Waals surface area (Å²) in [5.74, 6) is 0.168. The number of anilines is 4. The van der Waals surface area contributed by atoms with Crippen LogP contribution in [0.4, 0.5) is 29.0 Å². The maximum Gasteiger partial charge on any atom is 0.353 e. The summed E-state index contributed by atoms with van der Waals surface area (Å²) in [5.41, 5.74) is 6.10. The Labute approximate surface area is 155 Å². The molecule has 26 heavy (non-hydrogen) atoms. The highest BCUT2D eigenvalue weighted by molar-refractivity contribution is 6.30. The third kappa shape index (κ3) is 3.94. The van der Waals surface area contributed by atoms with Gasteiger partial charge in [-0.2, -0.15) is 9.97 Å². The second-order valence-electron chi connectivity index (χ2n) is 6.16. The topological polar surface area (TPSA) is 119 Å². The first-order chi connectivity index (χ1) is 12.3. The first-order valence-corrected chi connectivity index (χ1v) is 8.46. The predicted molar refractivity (Wildman–Crippen MR) is 100 cm³/mol. The number of nitrogens with one attached hydrogen (secondary N) is 1. The van der Waals surface area contributed by atoms with Crippen molar-refractivity contribution in [1.29, 1.82) is 0 Å². The number of nitrogens with two attached hydrogens (primary N) is 1. The van der Waals surface area contributed by atoms with Crippen molar-refractivity contribution < 1.29 is 9.66 Å². The average Bonchev–Trinajstić information content (AvgIpc) is 2.55. The molecule has 0 amide bonds. The first-order valence-electron chi connectivity index (χ1n) is 8.08. The standard InChI is InChI=1S/C16H19ClN6O3/c1-9-7-22(8-10(2)26-9)16-20-14(18)13(23(24)25)15(21-16)19-12-5-3-11(17)4-6-12/h3-6,9-10H,7-8H2,1-2H3,(H3,18,19,20,21)/t9-,10-/m1/s1. The molecule has 1 saturated heterocycles. The van der Waals surface area contributed by atoms with Gasteiger partial charge >= 0.3 is 5.69 Å². The normalized spacial score (nSPS) is 20.0. The van der Waals surface area contributed by atoms with Crippen molar-refractivity contribution in [3.05, 3.63) is 39.4 Å². The summed E-state index contributed by atoms with van der Waals surface area (Å²) in [6.07, 6.45) is -0.0159. The number of rotatable bonds is 4. The first kappa shape index (κ1) is 18.2. The van der Waals surface area contributed by atoms with Crippen LogP contribution >= 0.6 is 11.6 Å². The molecule has 1 aromatic heterocycles. The number of nitro groups is 1. The maximum absolute atomic E-state index is 11.4. The van der Waals surface area contributed by atoms with Gasteiger partial charge < -0.3 is 20.7 Å². The van der Waals surface area contributed by atoms with Crippen LogP contribution < -0.4 is 16.0 Å². The zero-order chi connectivity index (χ0) is 18.8. The highest BCUT2D eigenvalue weighted by atomic mass is 35.5. The SMILES string of the molecule is C[C@@H]1CN(c2nc(N)c([N+](=O)[O-])c(Nc3ccc(Cl)cc3)n2)C[C@@H](C)O1. The van der Waals surface area contributed by atoms with Crippen molar-refractivity contribution in [2.75, 3.05) is 29.0 Å². The van der Waals surface area contributed by atoms with Gasteiger partial charge in [0.2, 0.25) is 17.6 Å². The Balaban J connectivity index is 1.99. The fourth-order valence-corrected chi connectivity index (χ4v) is 3.01. The van der Waals surface area contributed by atoms with Gasteiger partial charge in [-0.25, -0.2) is 0 Å². The van der Waals surface area contributed by atoms with Crippen LogP contribution in [0.3, 0.4) is 0 Å². The minimum Gasteiger partial charge on any atom is -0.378 e.